The Hall–Kier alpha value is -2.44. The third-order valence-electron chi connectivity index (χ3n) is 4.32. The molecule has 0 radical (unpaired) electrons. The Labute approximate surface area is 133 Å². The van der Waals surface area contributed by atoms with Crippen LogP contribution in [0, 0.1) is 6.92 Å². The van der Waals surface area contributed by atoms with Crippen LogP contribution in [0.4, 0.5) is 0 Å². The lowest BCUT2D eigenvalue weighted by atomic mass is 9.97. The van der Waals surface area contributed by atoms with Crippen molar-refractivity contribution in [1.29, 1.82) is 0 Å². The first kappa shape index (κ1) is 15.5. The van der Waals surface area contributed by atoms with Crippen molar-refractivity contribution in [3.8, 4) is 0 Å². The van der Waals surface area contributed by atoms with Crippen LogP contribution < -0.4 is 0 Å². The molecule has 7 heteroatoms. The summed E-state index contributed by atoms with van der Waals surface area (Å²) in [6.07, 6.45) is 6.73. The zero-order valence-corrected chi connectivity index (χ0v) is 13.1. The molecule has 1 aliphatic rings. The molecule has 1 aliphatic heterocycles. The summed E-state index contributed by atoms with van der Waals surface area (Å²) in [5, 5.41) is 13.1. The smallest absolute Gasteiger partial charge is 0.303 e. The molecule has 0 saturated carbocycles. The van der Waals surface area contributed by atoms with Gasteiger partial charge in [-0.15, -0.1) is 0 Å². The Morgan fingerprint density at radius 1 is 1.39 bits per heavy atom. The Kier molecular flexibility index (Phi) is 4.27. The lowest BCUT2D eigenvalue weighted by Crippen LogP contribution is -2.44. The van der Waals surface area contributed by atoms with Crippen LogP contribution >= 0.6 is 0 Å². The van der Waals surface area contributed by atoms with E-state index < -0.39 is 5.97 Å². The van der Waals surface area contributed by atoms with Crippen LogP contribution in [-0.4, -0.2) is 49.1 Å². The summed E-state index contributed by atoms with van der Waals surface area (Å²) >= 11 is 0. The third kappa shape index (κ3) is 3.18. The first-order valence-corrected chi connectivity index (χ1v) is 7.90. The van der Waals surface area contributed by atoms with Gasteiger partial charge in [0.2, 0.25) is 0 Å². The van der Waals surface area contributed by atoms with Gasteiger partial charge in [-0.05, 0) is 38.7 Å². The van der Waals surface area contributed by atoms with E-state index in [1.54, 1.807) is 21.8 Å². The highest BCUT2D eigenvalue weighted by Crippen LogP contribution is 2.24. The number of nitrogens with zero attached hydrogens (tertiary/aromatic N) is 4. The van der Waals surface area contributed by atoms with Gasteiger partial charge in [0.1, 0.15) is 5.56 Å². The number of fused-ring (bicyclic) bond motifs is 1. The molecule has 0 aromatic carbocycles. The zero-order chi connectivity index (χ0) is 16.4. The number of aryl methyl sites for hydroxylation is 1. The molecule has 23 heavy (non-hydrogen) atoms. The second kappa shape index (κ2) is 6.36. The minimum Gasteiger partial charge on any atom is -0.481 e. The number of carboxylic acids is 1. The molecule has 122 valence electrons. The largest absolute Gasteiger partial charge is 0.481 e. The van der Waals surface area contributed by atoms with E-state index in [1.807, 2.05) is 13.0 Å². The summed E-state index contributed by atoms with van der Waals surface area (Å²) in [5.74, 6) is -0.926. The Balaban J connectivity index is 1.86. The Bertz CT molecular complexity index is 740. The van der Waals surface area contributed by atoms with Crippen LogP contribution in [0.1, 0.15) is 48.2 Å². The monoisotopic (exact) mass is 316 g/mol. The summed E-state index contributed by atoms with van der Waals surface area (Å²) in [7, 11) is 0. The van der Waals surface area contributed by atoms with E-state index >= 15 is 0 Å². The van der Waals surface area contributed by atoms with Crippen molar-refractivity contribution in [1.82, 2.24) is 19.5 Å². The van der Waals surface area contributed by atoms with Crippen molar-refractivity contribution in [3.63, 3.8) is 0 Å². The quantitative estimate of drug-likeness (QED) is 0.930. The molecule has 7 nitrogen and oxygen atoms in total. The van der Waals surface area contributed by atoms with Crippen molar-refractivity contribution in [2.45, 2.75) is 45.1 Å². The molecule has 1 unspecified atom stereocenters. The highest BCUT2D eigenvalue weighted by molar-refractivity contribution is 5.99. The molecule has 1 N–H and O–H groups in total. The predicted octanol–water partition coefficient (Wildman–Crippen LogP) is 1.90. The SMILES string of the molecule is Cc1ccn2ncc(C(=O)N3CCCCC3CCC(=O)O)c2n1. The molecule has 3 heterocycles. The van der Waals surface area contributed by atoms with E-state index in [9.17, 15) is 9.59 Å². The molecular formula is C16H20N4O3. The maximum Gasteiger partial charge on any atom is 0.303 e. The number of amides is 1. The van der Waals surface area contributed by atoms with Gasteiger partial charge in [-0.1, -0.05) is 0 Å². The molecular weight excluding hydrogens is 296 g/mol. The standard InChI is InChI=1S/C16H20N4O3/c1-11-7-9-20-15(18-11)13(10-17-20)16(23)19-8-3-2-4-12(19)5-6-14(21)22/h7,9-10,12H,2-6,8H2,1H3,(H,21,22). The van der Waals surface area contributed by atoms with Gasteiger partial charge in [0, 0.05) is 30.9 Å². The summed E-state index contributed by atoms with van der Waals surface area (Å²) in [6, 6.07) is 1.82. The van der Waals surface area contributed by atoms with E-state index in [1.165, 1.54) is 0 Å². The van der Waals surface area contributed by atoms with Crippen molar-refractivity contribution in [3.05, 3.63) is 29.7 Å². The molecule has 1 saturated heterocycles. The van der Waals surface area contributed by atoms with Gasteiger partial charge in [-0.3, -0.25) is 9.59 Å². The maximum absolute atomic E-state index is 12.9. The van der Waals surface area contributed by atoms with Crippen LogP contribution in [0.25, 0.3) is 5.65 Å². The van der Waals surface area contributed by atoms with E-state index in [2.05, 4.69) is 10.1 Å². The van der Waals surface area contributed by atoms with E-state index in [4.69, 9.17) is 5.11 Å². The Morgan fingerprint density at radius 2 is 2.22 bits per heavy atom. The average Bonchev–Trinajstić information content (AvgIpc) is 2.95. The number of likely N-dealkylation sites (tertiary alicyclic amines) is 1. The van der Waals surface area contributed by atoms with Crippen molar-refractivity contribution >= 4 is 17.5 Å². The van der Waals surface area contributed by atoms with Gasteiger partial charge in [0.25, 0.3) is 5.91 Å². The Morgan fingerprint density at radius 3 is 3.00 bits per heavy atom. The van der Waals surface area contributed by atoms with Gasteiger partial charge in [-0.25, -0.2) is 9.50 Å². The van der Waals surface area contributed by atoms with Crippen LogP contribution in [0.5, 0.6) is 0 Å². The highest BCUT2D eigenvalue weighted by atomic mass is 16.4. The first-order chi connectivity index (χ1) is 11.1. The number of aromatic nitrogens is 3. The topological polar surface area (TPSA) is 87.8 Å². The van der Waals surface area contributed by atoms with E-state index in [0.717, 1.165) is 25.0 Å². The number of aliphatic carboxylic acids is 1. The maximum atomic E-state index is 12.9. The zero-order valence-electron chi connectivity index (χ0n) is 13.1. The van der Waals surface area contributed by atoms with E-state index in [-0.39, 0.29) is 18.4 Å². The van der Waals surface area contributed by atoms with Gasteiger partial charge < -0.3 is 10.0 Å². The number of carboxylic acid groups (broad SMARTS) is 1. The summed E-state index contributed by atoms with van der Waals surface area (Å²) in [4.78, 5) is 30.0. The van der Waals surface area contributed by atoms with Crippen molar-refractivity contribution in [2.24, 2.45) is 0 Å². The molecule has 1 amide bonds. The fourth-order valence-electron chi connectivity index (χ4n) is 3.12. The van der Waals surface area contributed by atoms with Crippen LogP contribution in [-0.2, 0) is 4.79 Å². The third-order valence-corrected chi connectivity index (χ3v) is 4.32. The molecule has 1 atom stereocenters. The second-order valence-electron chi connectivity index (χ2n) is 5.98. The van der Waals surface area contributed by atoms with Crippen LogP contribution in [0.15, 0.2) is 18.5 Å². The van der Waals surface area contributed by atoms with Crippen LogP contribution in [0.2, 0.25) is 0 Å². The second-order valence-corrected chi connectivity index (χ2v) is 5.98. The highest BCUT2D eigenvalue weighted by Gasteiger charge is 2.29. The summed E-state index contributed by atoms with van der Waals surface area (Å²) in [5.41, 5.74) is 1.86. The first-order valence-electron chi connectivity index (χ1n) is 7.90. The normalized spacial score (nSPS) is 18.3. The number of rotatable bonds is 4. The number of hydrogen-bond acceptors (Lipinski definition) is 4. The molecule has 0 spiro atoms. The molecule has 2 aromatic rings. The fourth-order valence-corrected chi connectivity index (χ4v) is 3.12. The van der Waals surface area contributed by atoms with Crippen molar-refractivity contribution in [2.75, 3.05) is 6.54 Å². The predicted molar refractivity (Wildman–Crippen MR) is 83.3 cm³/mol. The van der Waals surface area contributed by atoms with Gasteiger partial charge in [0.05, 0.1) is 6.20 Å². The lowest BCUT2D eigenvalue weighted by molar-refractivity contribution is -0.137. The van der Waals surface area contributed by atoms with E-state index in [0.29, 0.717) is 24.2 Å². The molecule has 3 rings (SSSR count). The number of piperidine rings is 1. The molecule has 0 bridgehead atoms. The molecule has 0 aliphatic carbocycles. The minimum atomic E-state index is -0.823. The minimum absolute atomic E-state index is 0.0212. The summed E-state index contributed by atoms with van der Waals surface area (Å²) < 4.78 is 1.59. The molecule has 2 aromatic heterocycles. The number of carbonyl (C=O) groups is 2. The van der Waals surface area contributed by atoms with Crippen molar-refractivity contribution < 1.29 is 14.7 Å². The molecule has 1 fully saturated rings. The number of hydrogen-bond donors (Lipinski definition) is 1. The van der Waals surface area contributed by atoms with Gasteiger partial charge >= 0.3 is 5.97 Å². The van der Waals surface area contributed by atoms with Gasteiger partial charge in [0.15, 0.2) is 5.65 Å². The summed E-state index contributed by atoms with van der Waals surface area (Å²) in [6.45, 7) is 2.53. The number of carbonyl (C=O) groups excluding carboxylic acids is 1. The lowest BCUT2D eigenvalue weighted by Gasteiger charge is -2.35. The fraction of sp³-hybridized carbons (Fsp3) is 0.500. The average molecular weight is 316 g/mol. The van der Waals surface area contributed by atoms with Gasteiger partial charge in [-0.2, -0.15) is 5.10 Å². The van der Waals surface area contributed by atoms with Crippen LogP contribution in [0.3, 0.4) is 0 Å².